The summed E-state index contributed by atoms with van der Waals surface area (Å²) in [7, 11) is 0. The van der Waals surface area contributed by atoms with E-state index in [-0.39, 0.29) is 36.7 Å². The maximum atomic E-state index is 12.9. The van der Waals surface area contributed by atoms with Crippen molar-refractivity contribution in [2.24, 2.45) is 0 Å². The first-order chi connectivity index (χ1) is 15.7. The van der Waals surface area contributed by atoms with Gasteiger partial charge < -0.3 is 9.64 Å². The predicted molar refractivity (Wildman–Crippen MR) is 120 cm³/mol. The fourth-order valence-electron chi connectivity index (χ4n) is 5.29. The molecule has 1 aliphatic carbocycles. The van der Waals surface area contributed by atoms with Crippen LogP contribution in [0.3, 0.4) is 0 Å². The van der Waals surface area contributed by atoms with Gasteiger partial charge in [-0.2, -0.15) is 5.10 Å². The van der Waals surface area contributed by atoms with Crippen molar-refractivity contribution in [2.75, 3.05) is 13.1 Å². The smallest absolute Gasteiger partial charge is 0.411 e. The van der Waals surface area contributed by atoms with Crippen LogP contribution in [0.1, 0.15) is 30.0 Å². The summed E-state index contributed by atoms with van der Waals surface area (Å²) in [5.41, 5.74) is 3.38. The number of rotatable bonds is 4. The standard InChI is InChI=1S/C24H24N4O3S/c29-22(15-27-12-9-19(25-27)21-6-3-13-32-21)26-10-7-17(8-11-26)28-23-18-5-2-1-4-16(18)14-20(23)31-24(28)30/h1-6,9,12-13,17,20,23H,7-8,10-11,14-15H2/t20-,23+/m0/s1. The van der Waals surface area contributed by atoms with Crippen LogP contribution in [0.5, 0.6) is 0 Å². The normalized spacial score (nSPS) is 22.7. The number of likely N-dealkylation sites (tertiary alicyclic amines) is 1. The summed E-state index contributed by atoms with van der Waals surface area (Å²) in [6.45, 7) is 1.52. The van der Waals surface area contributed by atoms with E-state index in [4.69, 9.17) is 4.74 Å². The molecule has 4 heterocycles. The average molecular weight is 449 g/mol. The Bertz CT molecular complexity index is 1150. The maximum absolute atomic E-state index is 12.9. The molecule has 2 aromatic heterocycles. The van der Waals surface area contributed by atoms with Crippen molar-refractivity contribution in [1.82, 2.24) is 19.6 Å². The summed E-state index contributed by atoms with van der Waals surface area (Å²) in [4.78, 5) is 30.5. The molecule has 2 amide bonds. The molecule has 32 heavy (non-hydrogen) atoms. The lowest BCUT2D eigenvalue weighted by molar-refractivity contribution is -0.133. The van der Waals surface area contributed by atoms with E-state index in [0.717, 1.165) is 29.8 Å². The second-order valence-corrected chi connectivity index (χ2v) is 9.61. The largest absolute Gasteiger partial charge is 0.443 e. The molecular weight excluding hydrogens is 424 g/mol. The zero-order valence-corrected chi connectivity index (χ0v) is 18.4. The van der Waals surface area contributed by atoms with E-state index >= 15 is 0 Å². The zero-order chi connectivity index (χ0) is 21.7. The minimum absolute atomic E-state index is 0.00528. The summed E-state index contributed by atoms with van der Waals surface area (Å²) < 4.78 is 7.43. The number of aromatic nitrogens is 2. The van der Waals surface area contributed by atoms with Crippen molar-refractivity contribution < 1.29 is 14.3 Å². The summed E-state index contributed by atoms with van der Waals surface area (Å²) in [6.07, 6.45) is 3.89. The van der Waals surface area contributed by atoms with Crippen LogP contribution in [-0.4, -0.2) is 56.8 Å². The number of carbonyl (C=O) groups is 2. The van der Waals surface area contributed by atoms with Gasteiger partial charge in [-0.3, -0.25) is 14.4 Å². The molecule has 0 N–H and O–H groups in total. The van der Waals surface area contributed by atoms with Gasteiger partial charge in [0.15, 0.2) is 0 Å². The van der Waals surface area contributed by atoms with Crippen LogP contribution >= 0.6 is 11.3 Å². The monoisotopic (exact) mass is 448 g/mol. The number of nitrogens with zero attached hydrogens (tertiary/aromatic N) is 4. The number of piperidine rings is 1. The Morgan fingerprint density at radius 2 is 1.97 bits per heavy atom. The van der Waals surface area contributed by atoms with Gasteiger partial charge >= 0.3 is 6.09 Å². The van der Waals surface area contributed by atoms with Gasteiger partial charge in [0.25, 0.3) is 0 Å². The van der Waals surface area contributed by atoms with Crippen molar-refractivity contribution >= 4 is 23.3 Å². The van der Waals surface area contributed by atoms with Gasteiger partial charge in [-0.15, -0.1) is 11.3 Å². The number of fused-ring (bicyclic) bond motifs is 3. The highest BCUT2D eigenvalue weighted by atomic mass is 32.1. The minimum atomic E-state index is -0.211. The SMILES string of the molecule is O=C(Cn1ccc(-c2cccs2)n1)N1CCC(N2C(=O)O[C@H]3Cc4ccccc4[C@H]32)CC1. The van der Waals surface area contributed by atoms with Gasteiger partial charge in [0, 0.05) is 31.7 Å². The molecule has 2 fully saturated rings. The third kappa shape index (κ3) is 3.30. The number of carbonyl (C=O) groups excluding carboxylic acids is 2. The topological polar surface area (TPSA) is 67.7 Å². The van der Waals surface area contributed by atoms with Crippen molar-refractivity contribution in [2.45, 2.75) is 44.0 Å². The highest BCUT2D eigenvalue weighted by molar-refractivity contribution is 7.13. The van der Waals surface area contributed by atoms with Gasteiger partial charge in [0.1, 0.15) is 18.3 Å². The number of amides is 2. The molecule has 6 rings (SSSR count). The quantitative estimate of drug-likeness (QED) is 0.610. The van der Waals surface area contributed by atoms with E-state index in [1.165, 1.54) is 11.1 Å². The summed E-state index contributed by atoms with van der Waals surface area (Å²) >= 11 is 1.64. The number of hydrogen-bond donors (Lipinski definition) is 0. The lowest BCUT2D eigenvalue weighted by Gasteiger charge is -2.38. The molecule has 1 aromatic carbocycles. The van der Waals surface area contributed by atoms with E-state index in [2.05, 4.69) is 17.2 Å². The van der Waals surface area contributed by atoms with Crippen molar-refractivity contribution in [3.63, 3.8) is 0 Å². The Labute approximate surface area is 190 Å². The van der Waals surface area contributed by atoms with Crippen LogP contribution in [0.2, 0.25) is 0 Å². The third-order valence-corrected chi connectivity index (χ3v) is 7.72. The number of thiophene rings is 1. The Morgan fingerprint density at radius 1 is 1.12 bits per heavy atom. The Hall–Kier alpha value is -3.13. The van der Waals surface area contributed by atoms with E-state index in [1.54, 1.807) is 16.0 Å². The first-order valence-electron chi connectivity index (χ1n) is 11.1. The van der Waals surface area contributed by atoms with E-state index < -0.39 is 0 Å². The summed E-state index contributed by atoms with van der Waals surface area (Å²) in [6, 6.07) is 14.4. The highest BCUT2D eigenvalue weighted by Gasteiger charge is 2.50. The fourth-order valence-corrected chi connectivity index (χ4v) is 5.98. The van der Waals surface area contributed by atoms with Crippen molar-refractivity contribution in [3.05, 3.63) is 65.2 Å². The molecule has 164 valence electrons. The molecule has 8 heteroatoms. The van der Waals surface area contributed by atoms with Gasteiger partial charge in [-0.1, -0.05) is 30.3 Å². The lowest BCUT2D eigenvalue weighted by atomic mass is 9.99. The Kier molecular flexibility index (Phi) is 4.75. The van der Waals surface area contributed by atoms with Crippen molar-refractivity contribution in [3.8, 4) is 10.6 Å². The molecule has 0 saturated carbocycles. The molecule has 3 aromatic rings. The summed E-state index contributed by atoms with van der Waals surface area (Å²) in [5.74, 6) is 0.0670. The number of benzene rings is 1. The minimum Gasteiger partial charge on any atom is -0.443 e. The van der Waals surface area contributed by atoms with Crippen molar-refractivity contribution in [1.29, 1.82) is 0 Å². The second kappa shape index (κ2) is 7.78. The molecule has 0 bridgehead atoms. The molecule has 3 aliphatic rings. The first kappa shape index (κ1) is 19.5. The third-order valence-electron chi connectivity index (χ3n) is 6.83. The molecule has 7 nitrogen and oxygen atoms in total. The molecule has 0 unspecified atom stereocenters. The van der Waals surface area contributed by atoms with E-state index in [0.29, 0.717) is 13.1 Å². The van der Waals surface area contributed by atoms with Crippen LogP contribution in [0.4, 0.5) is 4.79 Å². The lowest BCUT2D eigenvalue weighted by Crippen LogP contribution is -2.48. The average Bonchev–Trinajstić information content (AvgIpc) is 3.58. The van der Waals surface area contributed by atoms with Crippen LogP contribution in [0.25, 0.3) is 10.6 Å². The van der Waals surface area contributed by atoms with Crippen LogP contribution < -0.4 is 0 Å². The molecule has 2 aliphatic heterocycles. The molecular formula is C24H24N4O3S. The van der Waals surface area contributed by atoms with Crippen LogP contribution in [-0.2, 0) is 22.5 Å². The van der Waals surface area contributed by atoms with E-state index in [9.17, 15) is 9.59 Å². The molecule has 2 saturated heterocycles. The predicted octanol–water partition coefficient (Wildman–Crippen LogP) is 3.72. The highest BCUT2D eigenvalue weighted by Crippen LogP contribution is 2.44. The maximum Gasteiger partial charge on any atom is 0.411 e. The van der Waals surface area contributed by atoms with Crippen LogP contribution in [0.15, 0.2) is 54.0 Å². The van der Waals surface area contributed by atoms with E-state index in [1.807, 2.05) is 51.7 Å². The molecule has 2 atom stereocenters. The molecule has 0 spiro atoms. The fraction of sp³-hybridized carbons (Fsp3) is 0.375. The van der Waals surface area contributed by atoms with Gasteiger partial charge in [-0.25, -0.2) is 4.79 Å². The Balaban J connectivity index is 1.09. The zero-order valence-electron chi connectivity index (χ0n) is 17.6. The number of ether oxygens (including phenoxy) is 1. The Morgan fingerprint density at radius 3 is 2.78 bits per heavy atom. The second-order valence-electron chi connectivity index (χ2n) is 8.67. The van der Waals surface area contributed by atoms with Gasteiger partial charge in [-0.05, 0) is 41.5 Å². The summed E-state index contributed by atoms with van der Waals surface area (Å²) in [5, 5.41) is 6.56. The molecule has 0 radical (unpaired) electrons. The van der Waals surface area contributed by atoms with Gasteiger partial charge in [0.2, 0.25) is 5.91 Å². The van der Waals surface area contributed by atoms with Crippen LogP contribution in [0, 0.1) is 0 Å². The first-order valence-corrected chi connectivity index (χ1v) is 12.0. The van der Waals surface area contributed by atoms with Gasteiger partial charge in [0.05, 0.1) is 10.9 Å². The number of hydrogen-bond acceptors (Lipinski definition) is 5.